The number of aromatic nitrogens is 1. The van der Waals surface area contributed by atoms with Gasteiger partial charge in [0.05, 0.1) is 16.5 Å². The minimum absolute atomic E-state index is 0.00444. The molecule has 0 aliphatic rings. The van der Waals surface area contributed by atoms with E-state index >= 15 is 0 Å². The molecule has 2 aromatic rings. The lowest BCUT2D eigenvalue weighted by Crippen LogP contribution is -2.45. The smallest absolute Gasteiger partial charge is 0.374 e. The Bertz CT molecular complexity index is 1030. The third-order valence-corrected chi connectivity index (χ3v) is 4.74. The Morgan fingerprint density at radius 2 is 1.69 bits per heavy atom. The molecular weight excluding hydrogens is 447 g/mol. The number of hydrogen-bond donors (Lipinski definition) is 1. The SMILES string of the molecule is C=C(C)N[C@@](Cc1ccc(F)cc1)(C(/C=C(\C)F)=C/C(=C)C(F)(F)F)c1ccc(Cl)cn1. The van der Waals surface area contributed by atoms with Gasteiger partial charge in [-0.05, 0) is 61.4 Å². The number of hydrogen-bond acceptors (Lipinski definition) is 2. The number of pyridine rings is 1. The van der Waals surface area contributed by atoms with Crippen LogP contribution < -0.4 is 5.32 Å². The third kappa shape index (κ3) is 6.53. The number of nitrogens with zero attached hydrogens (tertiary/aromatic N) is 1. The molecule has 2 rings (SSSR count). The van der Waals surface area contributed by atoms with Crippen LogP contribution in [0.4, 0.5) is 22.0 Å². The Labute approximate surface area is 188 Å². The fourth-order valence-electron chi connectivity index (χ4n) is 3.19. The molecule has 170 valence electrons. The molecule has 0 radical (unpaired) electrons. The van der Waals surface area contributed by atoms with E-state index in [-0.39, 0.29) is 17.7 Å². The van der Waals surface area contributed by atoms with Crippen LogP contribution in [0.2, 0.25) is 5.02 Å². The van der Waals surface area contributed by atoms with Crippen LogP contribution in [-0.2, 0) is 12.0 Å². The first-order valence-electron chi connectivity index (χ1n) is 9.46. The lowest BCUT2D eigenvalue weighted by Gasteiger charge is -2.37. The first kappa shape index (κ1) is 25.3. The molecule has 0 saturated carbocycles. The topological polar surface area (TPSA) is 24.9 Å². The molecule has 0 aliphatic heterocycles. The zero-order chi connectivity index (χ0) is 24.1. The largest absolute Gasteiger partial charge is 0.415 e. The van der Waals surface area contributed by atoms with E-state index in [0.29, 0.717) is 16.3 Å². The summed E-state index contributed by atoms with van der Waals surface area (Å²) < 4.78 is 67.6. The van der Waals surface area contributed by atoms with Gasteiger partial charge in [0, 0.05) is 23.9 Å². The predicted octanol–water partition coefficient (Wildman–Crippen LogP) is 7.35. The van der Waals surface area contributed by atoms with Gasteiger partial charge >= 0.3 is 6.18 Å². The third-order valence-electron chi connectivity index (χ3n) is 4.52. The molecular formula is C24H22ClF5N2. The maximum Gasteiger partial charge on any atom is 0.415 e. The van der Waals surface area contributed by atoms with Crippen LogP contribution in [0.1, 0.15) is 25.1 Å². The average molecular weight is 469 g/mol. The Balaban J connectivity index is 2.87. The molecule has 1 atom stereocenters. The van der Waals surface area contributed by atoms with Gasteiger partial charge in [-0.2, -0.15) is 13.2 Å². The quantitative estimate of drug-likeness (QED) is 0.323. The predicted molar refractivity (Wildman–Crippen MR) is 117 cm³/mol. The van der Waals surface area contributed by atoms with Crippen LogP contribution in [-0.4, -0.2) is 11.2 Å². The molecule has 0 amide bonds. The lowest BCUT2D eigenvalue weighted by molar-refractivity contribution is -0.0879. The van der Waals surface area contributed by atoms with E-state index in [0.717, 1.165) is 19.1 Å². The lowest BCUT2D eigenvalue weighted by atomic mass is 9.78. The van der Waals surface area contributed by atoms with E-state index in [1.54, 1.807) is 6.92 Å². The average Bonchev–Trinajstić information content (AvgIpc) is 2.67. The van der Waals surface area contributed by atoms with Gasteiger partial charge in [0.1, 0.15) is 11.4 Å². The van der Waals surface area contributed by atoms with Gasteiger partial charge < -0.3 is 5.32 Å². The van der Waals surface area contributed by atoms with Crippen molar-refractivity contribution in [2.24, 2.45) is 0 Å². The second kappa shape index (κ2) is 10.1. The van der Waals surface area contributed by atoms with E-state index in [2.05, 4.69) is 23.5 Å². The van der Waals surface area contributed by atoms with Gasteiger partial charge in [-0.3, -0.25) is 4.98 Å². The highest BCUT2D eigenvalue weighted by atomic mass is 35.5. The molecule has 1 aromatic carbocycles. The van der Waals surface area contributed by atoms with Crippen molar-refractivity contribution in [2.75, 3.05) is 0 Å². The summed E-state index contributed by atoms with van der Waals surface area (Å²) in [5.41, 5.74) is -1.57. The molecule has 1 N–H and O–H groups in total. The van der Waals surface area contributed by atoms with Crippen molar-refractivity contribution in [1.82, 2.24) is 10.3 Å². The standard InChI is InChI=1S/C24H22ClF5N2/c1-15(2)32-23(22-10-7-20(25)14-31-22,13-18-5-8-21(27)9-6-18)19(12-17(4)26)11-16(3)24(28,29)30/h5-12,14,32H,1,3,13H2,2,4H3/b17-12+,19-11+/t23-/m0/s1. The number of allylic oxidation sites excluding steroid dienone is 4. The second-order valence-electron chi connectivity index (χ2n) is 7.33. The van der Waals surface area contributed by atoms with Gasteiger partial charge in [-0.15, -0.1) is 0 Å². The summed E-state index contributed by atoms with van der Waals surface area (Å²) in [5.74, 6) is -1.20. The molecule has 32 heavy (non-hydrogen) atoms. The Hall–Kier alpha value is -2.93. The monoisotopic (exact) mass is 468 g/mol. The number of alkyl halides is 3. The Morgan fingerprint density at radius 3 is 2.16 bits per heavy atom. The van der Waals surface area contributed by atoms with E-state index in [1.165, 1.54) is 42.6 Å². The van der Waals surface area contributed by atoms with Crippen LogP contribution in [0.5, 0.6) is 0 Å². The van der Waals surface area contributed by atoms with Gasteiger partial charge in [-0.25, -0.2) is 8.78 Å². The highest BCUT2D eigenvalue weighted by Crippen LogP contribution is 2.38. The molecule has 0 fully saturated rings. The molecule has 0 saturated heterocycles. The van der Waals surface area contributed by atoms with Crippen molar-refractivity contribution < 1.29 is 22.0 Å². The fraction of sp³-hybridized carbons (Fsp3) is 0.208. The van der Waals surface area contributed by atoms with Gasteiger partial charge in [0.2, 0.25) is 0 Å². The normalized spacial score (nSPS) is 14.6. The molecule has 8 heteroatoms. The zero-order valence-corrected chi connectivity index (χ0v) is 18.3. The van der Waals surface area contributed by atoms with Crippen molar-refractivity contribution in [3.05, 3.63) is 113 Å². The maximum atomic E-state index is 14.1. The van der Waals surface area contributed by atoms with Crippen LogP contribution in [0.3, 0.4) is 0 Å². The molecule has 0 aliphatic carbocycles. The van der Waals surface area contributed by atoms with E-state index in [9.17, 15) is 22.0 Å². The van der Waals surface area contributed by atoms with E-state index < -0.39 is 28.9 Å². The first-order valence-corrected chi connectivity index (χ1v) is 9.83. The molecule has 0 unspecified atom stereocenters. The van der Waals surface area contributed by atoms with Crippen molar-refractivity contribution >= 4 is 11.6 Å². The maximum absolute atomic E-state index is 14.1. The first-order chi connectivity index (χ1) is 14.8. The zero-order valence-electron chi connectivity index (χ0n) is 17.5. The molecule has 2 nitrogen and oxygen atoms in total. The number of rotatable bonds is 8. The van der Waals surface area contributed by atoms with Crippen molar-refractivity contribution in [3.63, 3.8) is 0 Å². The molecule has 1 aromatic heterocycles. The summed E-state index contributed by atoms with van der Waals surface area (Å²) in [6.45, 7) is 9.64. The number of halogens is 6. The summed E-state index contributed by atoms with van der Waals surface area (Å²) >= 11 is 5.96. The number of benzene rings is 1. The summed E-state index contributed by atoms with van der Waals surface area (Å²) in [7, 11) is 0. The van der Waals surface area contributed by atoms with Crippen molar-refractivity contribution in [2.45, 2.75) is 32.0 Å². The van der Waals surface area contributed by atoms with Crippen LogP contribution in [0.15, 0.2) is 90.6 Å². The summed E-state index contributed by atoms with van der Waals surface area (Å²) in [6, 6.07) is 8.47. The molecule has 0 spiro atoms. The van der Waals surface area contributed by atoms with Gasteiger partial charge in [-0.1, -0.05) is 36.9 Å². The minimum atomic E-state index is -4.73. The molecule has 1 heterocycles. The van der Waals surface area contributed by atoms with Crippen LogP contribution >= 0.6 is 11.6 Å². The second-order valence-corrected chi connectivity index (χ2v) is 7.77. The van der Waals surface area contributed by atoms with E-state index in [4.69, 9.17) is 11.6 Å². The van der Waals surface area contributed by atoms with Gasteiger partial charge in [0.25, 0.3) is 0 Å². The fourth-order valence-corrected chi connectivity index (χ4v) is 3.31. The Morgan fingerprint density at radius 1 is 1.06 bits per heavy atom. The highest BCUT2D eigenvalue weighted by Gasteiger charge is 2.39. The summed E-state index contributed by atoms with van der Waals surface area (Å²) in [4.78, 5) is 4.30. The van der Waals surface area contributed by atoms with Crippen LogP contribution in [0.25, 0.3) is 0 Å². The van der Waals surface area contributed by atoms with Crippen molar-refractivity contribution in [3.8, 4) is 0 Å². The van der Waals surface area contributed by atoms with Gasteiger partial charge in [0.15, 0.2) is 0 Å². The van der Waals surface area contributed by atoms with E-state index in [1.807, 2.05) is 0 Å². The van der Waals surface area contributed by atoms with Crippen LogP contribution in [0, 0.1) is 5.82 Å². The minimum Gasteiger partial charge on any atom is -0.374 e. The number of nitrogens with one attached hydrogen (secondary N) is 1. The highest BCUT2D eigenvalue weighted by molar-refractivity contribution is 6.30. The molecule has 0 bridgehead atoms. The van der Waals surface area contributed by atoms with Crippen molar-refractivity contribution in [1.29, 1.82) is 0 Å². The summed E-state index contributed by atoms with van der Waals surface area (Å²) in [6.07, 6.45) is -1.67. The Kier molecular flexibility index (Phi) is 8.02. The summed E-state index contributed by atoms with van der Waals surface area (Å²) in [5, 5.41) is 3.38.